The lowest BCUT2D eigenvalue weighted by Gasteiger charge is -2.21. The van der Waals surface area contributed by atoms with Crippen LogP contribution in [0.1, 0.15) is 19.4 Å². The van der Waals surface area contributed by atoms with Crippen molar-refractivity contribution in [2.24, 2.45) is 4.99 Å². The first-order valence-electron chi connectivity index (χ1n) is 5.54. The number of aryl methyl sites for hydroxylation is 1. The van der Waals surface area contributed by atoms with Crippen LogP contribution in [-0.2, 0) is 16.4 Å². The lowest BCUT2D eigenvalue weighted by atomic mass is 10.1. The van der Waals surface area contributed by atoms with Gasteiger partial charge in [-0.25, -0.2) is 13.1 Å². The summed E-state index contributed by atoms with van der Waals surface area (Å²) in [4.78, 5) is 4.32. The van der Waals surface area contributed by atoms with Crippen LogP contribution in [0.15, 0.2) is 28.1 Å². The van der Waals surface area contributed by atoms with E-state index in [1.807, 2.05) is 19.9 Å². The number of anilines is 1. The Morgan fingerprint density at radius 2 is 2.06 bits per heavy atom. The lowest BCUT2D eigenvalue weighted by molar-refractivity contribution is 0.591. The maximum Gasteiger partial charge on any atom is 0.266 e. The van der Waals surface area contributed by atoms with Crippen molar-refractivity contribution >= 4 is 21.7 Å². The molecule has 0 saturated heterocycles. The Bertz CT molecular complexity index is 564. The number of aliphatic imine (C=N–C) groups is 1. The maximum atomic E-state index is 12.0. The summed E-state index contributed by atoms with van der Waals surface area (Å²) in [5.74, 6) is 0.282. The predicted molar refractivity (Wildman–Crippen MR) is 67.7 cm³/mol. The van der Waals surface area contributed by atoms with Crippen molar-refractivity contribution in [3.63, 3.8) is 0 Å². The molecule has 0 saturated carbocycles. The van der Waals surface area contributed by atoms with Crippen LogP contribution >= 0.6 is 0 Å². The highest BCUT2D eigenvalue weighted by atomic mass is 32.2. The van der Waals surface area contributed by atoms with Crippen LogP contribution in [-0.4, -0.2) is 20.9 Å². The fourth-order valence-corrected chi connectivity index (χ4v) is 2.87. The number of hydrogen-bond acceptors (Lipinski definition) is 3. The molecule has 5 nitrogen and oxygen atoms in total. The predicted octanol–water partition coefficient (Wildman–Crippen LogP) is 1.33. The average molecular weight is 253 g/mol. The van der Waals surface area contributed by atoms with E-state index in [0.717, 1.165) is 12.0 Å². The number of nitrogens with zero attached hydrogens (tertiary/aromatic N) is 1. The van der Waals surface area contributed by atoms with E-state index in [9.17, 15) is 8.42 Å². The van der Waals surface area contributed by atoms with Gasteiger partial charge in [-0.3, -0.25) is 4.99 Å². The van der Waals surface area contributed by atoms with Gasteiger partial charge in [0.05, 0.1) is 5.69 Å². The van der Waals surface area contributed by atoms with Gasteiger partial charge < -0.3 is 5.32 Å². The third-order valence-electron chi connectivity index (χ3n) is 2.54. The molecule has 0 amide bonds. The van der Waals surface area contributed by atoms with E-state index < -0.39 is 10.0 Å². The molecule has 2 N–H and O–H groups in total. The van der Waals surface area contributed by atoms with E-state index in [2.05, 4.69) is 15.0 Å². The van der Waals surface area contributed by atoms with Gasteiger partial charge >= 0.3 is 0 Å². The first kappa shape index (κ1) is 11.9. The molecule has 6 heteroatoms. The molecule has 0 aromatic heterocycles. The summed E-state index contributed by atoms with van der Waals surface area (Å²) in [6.45, 7) is 4.36. The number of hydrogen-bond donors (Lipinski definition) is 2. The number of benzene rings is 1. The molecule has 1 aromatic carbocycles. The molecular formula is C11H15N3O2S. The molecule has 1 heterocycles. The number of fused-ring (bicyclic) bond motifs is 1. The van der Waals surface area contributed by atoms with Gasteiger partial charge in [0, 0.05) is 6.54 Å². The van der Waals surface area contributed by atoms with E-state index >= 15 is 0 Å². The number of nitrogens with one attached hydrogen (secondary N) is 2. The van der Waals surface area contributed by atoms with E-state index in [-0.39, 0.29) is 10.9 Å². The van der Waals surface area contributed by atoms with Gasteiger partial charge in [0.25, 0.3) is 10.0 Å². The molecule has 0 fully saturated rings. The van der Waals surface area contributed by atoms with Crippen LogP contribution in [0, 0.1) is 0 Å². The Kier molecular flexibility index (Phi) is 3.06. The van der Waals surface area contributed by atoms with Crippen LogP contribution < -0.4 is 10.0 Å². The monoisotopic (exact) mass is 253 g/mol. The number of rotatable bonds is 2. The van der Waals surface area contributed by atoms with Gasteiger partial charge in [-0.2, -0.15) is 0 Å². The summed E-state index contributed by atoms with van der Waals surface area (Å²) in [7, 11) is -3.49. The molecule has 92 valence electrons. The Balaban J connectivity index is 2.53. The normalized spacial score (nSPS) is 19.3. The number of sulfonamides is 1. The molecular weight excluding hydrogens is 238 g/mol. The Morgan fingerprint density at radius 1 is 1.29 bits per heavy atom. The minimum Gasteiger partial charge on any atom is -0.324 e. The summed E-state index contributed by atoms with van der Waals surface area (Å²) in [5, 5.41) is 2.96. The minimum absolute atomic E-state index is 0.282. The first-order chi connectivity index (χ1) is 8.06. The zero-order valence-electron chi connectivity index (χ0n) is 9.82. The lowest BCUT2D eigenvalue weighted by Crippen LogP contribution is -2.40. The molecule has 0 radical (unpaired) electrons. The highest BCUT2D eigenvalue weighted by Crippen LogP contribution is 2.25. The van der Waals surface area contributed by atoms with Gasteiger partial charge in [-0.05, 0) is 31.0 Å². The van der Waals surface area contributed by atoms with Crippen molar-refractivity contribution in [3.05, 3.63) is 23.8 Å². The van der Waals surface area contributed by atoms with E-state index in [1.54, 1.807) is 12.1 Å². The Hall–Kier alpha value is -1.56. The third-order valence-corrected chi connectivity index (χ3v) is 3.92. The molecule has 2 rings (SSSR count). The zero-order chi connectivity index (χ0) is 12.5. The smallest absolute Gasteiger partial charge is 0.266 e. The van der Waals surface area contributed by atoms with Gasteiger partial charge in [-0.1, -0.05) is 13.0 Å². The second-order valence-corrected chi connectivity index (χ2v) is 5.39. The van der Waals surface area contributed by atoms with Crippen molar-refractivity contribution in [1.29, 1.82) is 0 Å². The summed E-state index contributed by atoms with van der Waals surface area (Å²) in [6, 6.07) is 5.38. The van der Waals surface area contributed by atoms with Crippen molar-refractivity contribution < 1.29 is 8.42 Å². The fraction of sp³-hybridized carbons (Fsp3) is 0.364. The molecule has 0 aliphatic carbocycles. The molecule has 0 unspecified atom stereocenters. The van der Waals surface area contributed by atoms with Crippen molar-refractivity contribution in [2.75, 3.05) is 11.9 Å². The molecule has 0 spiro atoms. The largest absolute Gasteiger partial charge is 0.324 e. The standard InChI is InChI=1S/C11H15N3O2S/c1-3-8-5-6-9-10(7-8)17(15,16)14-11(13-9)12-4-2/h5-7H,3-4H2,1-2H3,(H2,12,13,14). The highest BCUT2D eigenvalue weighted by Gasteiger charge is 2.26. The summed E-state index contributed by atoms with van der Waals surface area (Å²) >= 11 is 0. The molecule has 0 bridgehead atoms. The van der Waals surface area contributed by atoms with Gasteiger partial charge in [0.15, 0.2) is 0 Å². The van der Waals surface area contributed by atoms with Gasteiger partial charge in [-0.15, -0.1) is 0 Å². The SMILES string of the molecule is CCN=C1Nc2ccc(CC)cc2S(=O)(=O)N1. The molecule has 17 heavy (non-hydrogen) atoms. The second-order valence-electron chi connectivity index (χ2n) is 3.74. The Labute approximate surface area is 101 Å². The topological polar surface area (TPSA) is 70.6 Å². The summed E-state index contributed by atoms with van der Waals surface area (Å²) in [6.07, 6.45) is 0.804. The Morgan fingerprint density at radius 3 is 2.71 bits per heavy atom. The fourth-order valence-electron chi connectivity index (χ4n) is 1.68. The summed E-state index contributed by atoms with van der Waals surface area (Å²) < 4.78 is 26.4. The average Bonchev–Trinajstić information content (AvgIpc) is 2.28. The minimum atomic E-state index is -3.49. The molecule has 0 atom stereocenters. The molecule has 1 aliphatic rings. The van der Waals surface area contributed by atoms with E-state index in [0.29, 0.717) is 12.2 Å². The quantitative estimate of drug-likeness (QED) is 0.835. The highest BCUT2D eigenvalue weighted by molar-refractivity contribution is 7.90. The van der Waals surface area contributed by atoms with Crippen LogP contribution in [0.5, 0.6) is 0 Å². The van der Waals surface area contributed by atoms with E-state index in [1.165, 1.54) is 0 Å². The van der Waals surface area contributed by atoms with E-state index in [4.69, 9.17) is 0 Å². The van der Waals surface area contributed by atoms with Crippen LogP contribution in [0.25, 0.3) is 0 Å². The zero-order valence-corrected chi connectivity index (χ0v) is 10.6. The van der Waals surface area contributed by atoms with Crippen molar-refractivity contribution in [2.45, 2.75) is 25.2 Å². The molecule has 1 aromatic rings. The second kappa shape index (κ2) is 4.37. The maximum absolute atomic E-state index is 12.0. The van der Waals surface area contributed by atoms with Crippen LogP contribution in [0.2, 0.25) is 0 Å². The van der Waals surface area contributed by atoms with Crippen LogP contribution in [0.4, 0.5) is 5.69 Å². The summed E-state index contributed by atoms with van der Waals surface area (Å²) in [5.41, 5.74) is 1.57. The molecule has 1 aliphatic heterocycles. The van der Waals surface area contributed by atoms with Crippen LogP contribution in [0.3, 0.4) is 0 Å². The van der Waals surface area contributed by atoms with Crippen molar-refractivity contribution in [3.8, 4) is 0 Å². The van der Waals surface area contributed by atoms with Crippen molar-refractivity contribution in [1.82, 2.24) is 4.72 Å². The van der Waals surface area contributed by atoms with Gasteiger partial charge in [0.2, 0.25) is 5.96 Å². The number of guanidine groups is 1. The first-order valence-corrected chi connectivity index (χ1v) is 7.02. The third kappa shape index (κ3) is 2.26. The van der Waals surface area contributed by atoms with Gasteiger partial charge in [0.1, 0.15) is 4.90 Å².